The van der Waals surface area contributed by atoms with Crippen LogP contribution in [0.2, 0.25) is 0 Å². The molecule has 0 saturated carbocycles. The van der Waals surface area contributed by atoms with E-state index in [0.717, 1.165) is 11.3 Å². The predicted octanol–water partition coefficient (Wildman–Crippen LogP) is 1.86. The lowest BCUT2D eigenvalue weighted by atomic mass is 10.1. The van der Waals surface area contributed by atoms with Crippen molar-refractivity contribution in [3.8, 4) is 0 Å². The molecule has 1 atom stereocenters. The summed E-state index contributed by atoms with van der Waals surface area (Å²) >= 11 is 0. The van der Waals surface area contributed by atoms with Crippen LogP contribution < -0.4 is 10.6 Å². The fourth-order valence-electron chi connectivity index (χ4n) is 1.66. The number of anilines is 1. The third-order valence-electron chi connectivity index (χ3n) is 2.56. The van der Waals surface area contributed by atoms with Gasteiger partial charge < -0.3 is 15.4 Å². The minimum Gasteiger partial charge on any atom is -0.465 e. The van der Waals surface area contributed by atoms with E-state index in [1.54, 1.807) is 6.92 Å². The van der Waals surface area contributed by atoms with Crippen molar-refractivity contribution in [2.24, 2.45) is 0 Å². The van der Waals surface area contributed by atoms with Crippen LogP contribution in [0.15, 0.2) is 24.3 Å². The Morgan fingerprint density at radius 1 is 1.37 bits per heavy atom. The molecule has 5 nitrogen and oxygen atoms in total. The summed E-state index contributed by atoms with van der Waals surface area (Å²) in [5, 5.41) is 5.80. The van der Waals surface area contributed by atoms with Gasteiger partial charge >= 0.3 is 5.97 Å². The van der Waals surface area contributed by atoms with Crippen LogP contribution in [-0.4, -0.2) is 25.0 Å². The van der Waals surface area contributed by atoms with E-state index in [1.807, 2.05) is 31.2 Å². The van der Waals surface area contributed by atoms with Crippen LogP contribution in [-0.2, 0) is 14.3 Å². The normalized spacial score (nSPS) is 11.7. The maximum absolute atomic E-state index is 11.2. The number of rotatable bonds is 6. The van der Waals surface area contributed by atoms with Gasteiger partial charge in [0.05, 0.1) is 13.2 Å². The number of carbonyl (C=O) groups is 2. The van der Waals surface area contributed by atoms with Crippen LogP contribution in [0.4, 0.5) is 5.69 Å². The van der Waals surface area contributed by atoms with Crippen molar-refractivity contribution < 1.29 is 14.3 Å². The zero-order valence-electron chi connectivity index (χ0n) is 11.5. The second kappa shape index (κ2) is 7.53. The molecule has 0 saturated heterocycles. The highest BCUT2D eigenvalue weighted by Crippen LogP contribution is 2.17. The van der Waals surface area contributed by atoms with Crippen LogP contribution >= 0.6 is 0 Å². The Labute approximate surface area is 113 Å². The Bertz CT molecular complexity index is 446. The Morgan fingerprint density at radius 2 is 2.11 bits per heavy atom. The summed E-state index contributed by atoms with van der Waals surface area (Å²) in [5.74, 6) is -0.378. The molecule has 2 N–H and O–H groups in total. The minimum absolute atomic E-state index is 0.00175. The summed E-state index contributed by atoms with van der Waals surface area (Å²) in [7, 11) is 0. The van der Waals surface area contributed by atoms with Gasteiger partial charge in [0.1, 0.15) is 0 Å². The first kappa shape index (κ1) is 15.2. The lowest BCUT2D eigenvalue weighted by molar-refractivity contribution is -0.142. The highest BCUT2D eigenvalue weighted by Gasteiger charge is 2.08. The van der Waals surface area contributed by atoms with Gasteiger partial charge in [-0.05, 0) is 31.5 Å². The number of benzene rings is 1. The molecule has 19 heavy (non-hydrogen) atoms. The number of hydrogen-bond acceptors (Lipinski definition) is 4. The Hall–Kier alpha value is -1.88. The van der Waals surface area contributed by atoms with Gasteiger partial charge in [0, 0.05) is 18.7 Å². The highest BCUT2D eigenvalue weighted by atomic mass is 16.5. The van der Waals surface area contributed by atoms with Crippen LogP contribution in [0.25, 0.3) is 0 Å². The second-order valence-corrected chi connectivity index (χ2v) is 4.21. The standard InChI is InChI=1S/C14H20N2O3/c1-4-19-14(18)9-15-10(2)12-6-5-7-13(8-12)16-11(3)17/h5-8,10,15H,4,9H2,1-3H3,(H,16,17). The molecule has 1 amide bonds. The van der Waals surface area contributed by atoms with Gasteiger partial charge in [0.2, 0.25) is 5.91 Å². The van der Waals surface area contributed by atoms with E-state index in [4.69, 9.17) is 4.74 Å². The van der Waals surface area contributed by atoms with Gasteiger partial charge in [-0.15, -0.1) is 0 Å². The van der Waals surface area contributed by atoms with E-state index in [9.17, 15) is 9.59 Å². The fourth-order valence-corrected chi connectivity index (χ4v) is 1.66. The number of esters is 1. The highest BCUT2D eigenvalue weighted by molar-refractivity contribution is 5.88. The maximum Gasteiger partial charge on any atom is 0.319 e. The van der Waals surface area contributed by atoms with Gasteiger partial charge in [0.15, 0.2) is 0 Å². The molecular weight excluding hydrogens is 244 g/mol. The molecule has 0 heterocycles. The third kappa shape index (κ3) is 5.52. The van der Waals surface area contributed by atoms with E-state index < -0.39 is 0 Å². The SMILES string of the molecule is CCOC(=O)CNC(C)c1cccc(NC(C)=O)c1. The molecule has 0 aromatic heterocycles. The molecule has 0 radical (unpaired) electrons. The molecule has 0 fully saturated rings. The van der Waals surface area contributed by atoms with Crippen LogP contribution in [0.5, 0.6) is 0 Å². The van der Waals surface area contributed by atoms with E-state index in [0.29, 0.717) is 6.61 Å². The van der Waals surface area contributed by atoms with E-state index in [1.165, 1.54) is 6.92 Å². The largest absolute Gasteiger partial charge is 0.465 e. The summed E-state index contributed by atoms with van der Waals surface area (Å²) in [6.07, 6.45) is 0. The Kier molecular flexibility index (Phi) is 6.02. The molecule has 1 aromatic carbocycles. The van der Waals surface area contributed by atoms with E-state index >= 15 is 0 Å². The molecule has 0 spiro atoms. The smallest absolute Gasteiger partial charge is 0.319 e. The van der Waals surface area contributed by atoms with Crippen molar-refractivity contribution in [1.82, 2.24) is 5.32 Å². The first-order valence-corrected chi connectivity index (χ1v) is 6.29. The van der Waals surface area contributed by atoms with E-state index in [-0.39, 0.29) is 24.5 Å². The summed E-state index contributed by atoms with van der Waals surface area (Å²) < 4.78 is 4.85. The van der Waals surface area contributed by atoms with Gasteiger partial charge in [-0.1, -0.05) is 12.1 Å². The molecule has 1 rings (SSSR count). The molecule has 0 bridgehead atoms. The zero-order chi connectivity index (χ0) is 14.3. The Morgan fingerprint density at radius 3 is 2.74 bits per heavy atom. The average molecular weight is 264 g/mol. The Balaban J connectivity index is 2.58. The van der Waals surface area contributed by atoms with Gasteiger partial charge in [-0.3, -0.25) is 9.59 Å². The zero-order valence-corrected chi connectivity index (χ0v) is 11.5. The quantitative estimate of drug-likeness (QED) is 0.770. The summed E-state index contributed by atoms with van der Waals surface area (Å²) in [6.45, 7) is 5.74. The van der Waals surface area contributed by atoms with Gasteiger partial charge in [-0.25, -0.2) is 0 Å². The number of ether oxygens (including phenoxy) is 1. The monoisotopic (exact) mass is 264 g/mol. The minimum atomic E-state index is -0.271. The first-order chi connectivity index (χ1) is 9.02. The summed E-state index contributed by atoms with van der Waals surface area (Å²) in [4.78, 5) is 22.2. The molecule has 5 heteroatoms. The van der Waals surface area contributed by atoms with Crippen LogP contribution in [0.1, 0.15) is 32.4 Å². The van der Waals surface area contributed by atoms with Gasteiger partial charge in [-0.2, -0.15) is 0 Å². The van der Waals surface area contributed by atoms with Crippen LogP contribution in [0.3, 0.4) is 0 Å². The number of carbonyl (C=O) groups excluding carboxylic acids is 2. The molecular formula is C14H20N2O3. The molecule has 104 valence electrons. The molecule has 1 unspecified atom stereocenters. The number of amides is 1. The molecule has 1 aromatic rings. The second-order valence-electron chi connectivity index (χ2n) is 4.21. The first-order valence-electron chi connectivity index (χ1n) is 6.29. The lowest BCUT2D eigenvalue weighted by Crippen LogP contribution is -2.27. The number of hydrogen-bond donors (Lipinski definition) is 2. The van der Waals surface area contributed by atoms with Crippen molar-refractivity contribution >= 4 is 17.6 Å². The summed E-state index contributed by atoms with van der Waals surface area (Å²) in [6, 6.07) is 7.50. The molecule has 0 aliphatic heterocycles. The topological polar surface area (TPSA) is 67.4 Å². The summed E-state index contributed by atoms with van der Waals surface area (Å²) in [5.41, 5.74) is 1.74. The van der Waals surface area contributed by atoms with Crippen molar-refractivity contribution in [2.45, 2.75) is 26.8 Å². The molecule has 0 aliphatic rings. The van der Waals surface area contributed by atoms with Crippen molar-refractivity contribution in [3.05, 3.63) is 29.8 Å². The van der Waals surface area contributed by atoms with Crippen molar-refractivity contribution in [3.63, 3.8) is 0 Å². The number of nitrogens with one attached hydrogen (secondary N) is 2. The lowest BCUT2D eigenvalue weighted by Gasteiger charge is -2.14. The average Bonchev–Trinajstić information content (AvgIpc) is 2.36. The van der Waals surface area contributed by atoms with Crippen LogP contribution in [0, 0.1) is 0 Å². The van der Waals surface area contributed by atoms with Gasteiger partial charge in [0.25, 0.3) is 0 Å². The maximum atomic E-state index is 11.2. The predicted molar refractivity (Wildman–Crippen MR) is 73.8 cm³/mol. The molecule has 0 aliphatic carbocycles. The third-order valence-corrected chi connectivity index (χ3v) is 2.56. The fraction of sp³-hybridized carbons (Fsp3) is 0.429. The van der Waals surface area contributed by atoms with Crippen molar-refractivity contribution in [1.29, 1.82) is 0 Å². The van der Waals surface area contributed by atoms with Crippen molar-refractivity contribution in [2.75, 3.05) is 18.5 Å². The van der Waals surface area contributed by atoms with E-state index in [2.05, 4.69) is 10.6 Å².